The highest BCUT2D eigenvalue weighted by Gasteiger charge is 2.48. The van der Waals surface area contributed by atoms with Crippen LogP contribution < -0.4 is 11.2 Å². The van der Waals surface area contributed by atoms with Gasteiger partial charge >= 0.3 is 13.5 Å². The molecule has 5 atom stereocenters. The zero-order chi connectivity index (χ0) is 19.5. The minimum Gasteiger partial charge on any atom is -0.374 e. The molecule has 0 aromatic carbocycles. The lowest BCUT2D eigenvalue weighted by Gasteiger charge is -2.26. The Morgan fingerprint density at radius 3 is 2.62 bits per heavy atom. The molecule has 0 aliphatic carbocycles. The fourth-order valence-electron chi connectivity index (χ4n) is 2.64. The molecule has 1 aromatic rings. The van der Waals surface area contributed by atoms with Gasteiger partial charge in [-0.15, -0.1) is 0 Å². The monoisotopic (exact) mass is 394 g/mol. The van der Waals surface area contributed by atoms with Crippen molar-refractivity contribution in [2.24, 2.45) is 0 Å². The molecule has 0 bridgehead atoms. The van der Waals surface area contributed by atoms with Crippen molar-refractivity contribution in [1.29, 1.82) is 0 Å². The van der Waals surface area contributed by atoms with Gasteiger partial charge in [0.1, 0.15) is 18.3 Å². The molecule has 0 amide bonds. The Hall–Kier alpha value is -1.33. The number of aromatic nitrogens is 2. The van der Waals surface area contributed by atoms with Gasteiger partial charge in [0, 0.05) is 19.4 Å². The summed E-state index contributed by atoms with van der Waals surface area (Å²) in [7, 11) is -3.31. The molecular formula is C14H23N2O9P. The summed E-state index contributed by atoms with van der Waals surface area (Å²) in [6.07, 6.45) is -1.63. The number of phosphoric acid groups is 1. The third-order valence-corrected chi connectivity index (χ3v) is 4.54. The highest BCUT2D eigenvalue weighted by Crippen LogP contribution is 2.39. The van der Waals surface area contributed by atoms with Crippen LogP contribution in [0.4, 0.5) is 0 Å². The number of aromatic amines is 1. The van der Waals surface area contributed by atoms with Crippen LogP contribution in [0.25, 0.3) is 0 Å². The predicted molar refractivity (Wildman–Crippen MR) is 88.7 cm³/mol. The van der Waals surface area contributed by atoms with E-state index in [2.05, 4.69) is 9.51 Å². The van der Waals surface area contributed by atoms with Gasteiger partial charge < -0.3 is 24.0 Å². The van der Waals surface area contributed by atoms with E-state index in [4.69, 9.17) is 24.0 Å². The molecule has 1 aromatic heterocycles. The van der Waals surface area contributed by atoms with Crippen molar-refractivity contribution in [2.75, 3.05) is 13.7 Å². The normalized spacial score (nSPS) is 27.6. The molecule has 1 fully saturated rings. The molecule has 0 saturated carbocycles. The maximum Gasteiger partial charge on any atom is 0.469 e. The minimum absolute atomic E-state index is 0.190. The Labute approximate surface area is 149 Å². The molecule has 0 spiro atoms. The van der Waals surface area contributed by atoms with Crippen LogP contribution in [-0.2, 0) is 23.3 Å². The van der Waals surface area contributed by atoms with Crippen molar-refractivity contribution in [1.82, 2.24) is 9.55 Å². The lowest BCUT2D eigenvalue weighted by Crippen LogP contribution is -2.41. The fraction of sp³-hybridized carbons (Fsp3) is 0.714. The number of methoxy groups -OCH3 is 1. The molecule has 3 N–H and O–H groups in total. The summed E-state index contributed by atoms with van der Waals surface area (Å²) in [4.78, 5) is 43.3. The van der Waals surface area contributed by atoms with Crippen LogP contribution in [0.15, 0.2) is 21.9 Å². The smallest absolute Gasteiger partial charge is 0.374 e. The SMILES string of the molecule is CCC(C)OC1C(COP(=O)(O)O)OC(n2ccc(=O)[nH]c2=O)C1OC. The van der Waals surface area contributed by atoms with Crippen LogP contribution in [0.1, 0.15) is 26.5 Å². The first-order chi connectivity index (χ1) is 12.2. The van der Waals surface area contributed by atoms with E-state index in [9.17, 15) is 14.2 Å². The van der Waals surface area contributed by atoms with Crippen LogP contribution >= 0.6 is 7.82 Å². The molecule has 148 valence electrons. The molecule has 1 saturated heterocycles. The molecule has 12 heteroatoms. The first-order valence-electron chi connectivity index (χ1n) is 8.01. The number of nitrogens with one attached hydrogen (secondary N) is 1. The van der Waals surface area contributed by atoms with Gasteiger partial charge in [-0.05, 0) is 13.3 Å². The average Bonchev–Trinajstić information content (AvgIpc) is 2.89. The van der Waals surface area contributed by atoms with Crippen molar-refractivity contribution in [2.45, 2.75) is 50.9 Å². The molecule has 11 nitrogen and oxygen atoms in total. The Morgan fingerprint density at radius 2 is 2.08 bits per heavy atom. The van der Waals surface area contributed by atoms with Crippen LogP contribution in [0, 0.1) is 0 Å². The van der Waals surface area contributed by atoms with Crippen molar-refractivity contribution in [3.05, 3.63) is 33.1 Å². The van der Waals surface area contributed by atoms with Gasteiger partial charge in [0.25, 0.3) is 5.56 Å². The largest absolute Gasteiger partial charge is 0.469 e. The Morgan fingerprint density at radius 1 is 1.38 bits per heavy atom. The summed E-state index contributed by atoms with van der Waals surface area (Å²) in [6.45, 7) is 3.28. The fourth-order valence-corrected chi connectivity index (χ4v) is 2.99. The lowest BCUT2D eigenvalue weighted by molar-refractivity contribution is -0.0900. The summed E-state index contributed by atoms with van der Waals surface area (Å²) in [5.41, 5.74) is -1.27. The van der Waals surface area contributed by atoms with Crippen molar-refractivity contribution in [3.63, 3.8) is 0 Å². The Balaban J connectivity index is 2.33. The molecule has 1 aliphatic rings. The van der Waals surface area contributed by atoms with E-state index >= 15 is 0 Å². The maximum absolute atomic E-state index is 12.1. The predicted octanol–water partition coefficient (Wildman–Crippen LogP) is -0.258. The highest BCUT2D eigenvalue weighted by molar-refractivity contribution is 7.46. The number of phosphoric ester groups is 1. The van der Waals surface area contributed by atoms with Crippen LogP contribution in [0.2, 0.25) is 0 Å². The summed E-state index contributed by atoms with van der Waals surface area (Å²) >= 11 is 0. The summed E-state index contributed by atoms with van der Waals surface area (Å²) < 4.78 is 33.8. The van der Waals surface area contributed by atoms with Gasteiger partial charge in [0.2, 0.25) is 0 Å². The van der Waals surface area contributed by atoms with E-state index in [1.165, 1.54) is 13.3 Å². The zero-order valence-corrected chi connectivity index (χ0v) is 15.5. The molecule has 5 unspecified atom stereocenters. The zero-order valence-electron chi connectivity index (χ0n) is 14.6. The van der Waals surface area contributed by atoms with Gasteiger partial charge in [-0.1, -0.05) is 6.92 Å². The van der Waals surface area contributed by atoms with Gasteiger partial charge in [-0.25, -0.2) is 9.36 Å². The molecule has 1 aliphatic heterocycles. The molecule has 2 heterocycles. The Kier molecular flexibility index (Phi) is 6.92. The van der Waals surface area contributed by atoms with Crippen molar-refractivity contribution >= 4 is 7.82 Å². The number of hydrogen-bond acceptors (Lipinski definition) is 7. The number of H-pyrrole nitrogens is 1. The van der Waals surface area contributed by atoms with Gasteiger partial charge in [-0.3, -0.25) is 18.9 Å². The lowest BCUT2D eigenvalue weighted by atomic mass is 10.1. The standard InChI is InChI=1S/C14H23N2O9P/c1-4-8(2)24-11-9(7-23-26(19,20)21)25-13(12(11)22-3)16-6-5-10(17)15-14(16)18/h5-6,8-9,11-13H,4,7H2,1-3H3,(H,15,17,18)(H2,19,20,21). The summed E-state index contributed by atoms with van der Waals surface area (Å²) in [6, 6.07) is 1.15. The van der Waals surface area contributed by atoms with E-state index in [1.807, 2.05) is 13.8 Å². The van der Waals surface area contributed by atoms with E-state index in [1.54, 1.807) is 0 Å². The second-order valence-corrected chi connectivity index (χ2v) is 7.13. The van der Waals surface area contributed by atoms with Crippen LogP contribution in [0.5, 0.6) is 0 Å². The topological polar surface area (TPSA) is 149 Å². The maximum atomic E-state index is 12.1. The number of nitrogens with zero attached hydrogens (tertiary/aromatic N) is 1. The summed E-state index contributed by atoms with van der Waals surface area (Å²) in [5.74, 6) is 0. The number of ether oxygens (including phenoxy) is 3. The van der Waals surface area contributed by atoms with E-state index in [-0.39, 0.29) is 6.10 Å². The van der Waals surface area contributed by atoms with Crippen molar-refractivity contribution in [3.8, 4) is 0 Å². The molecular weight excluding hydrogens is 371 g/mol. The summed E-state index contributed by atoms with van der Waals surface area (Å²) in [5, 5.41) is 0. The van der Waals surface area contributed by atoms with Gasteiger partial charge in [0.15, 0.2) is 6.23 Å². The third kappa shape index (κ3) is 5.10. The Bertz CT molecular complexity index is 757. The van der Waals surface area contributed by atoms with E-state index < -0.39 is 50.2 Å². The highest BCUT2D eigenvalue weighted by atomic mass is 31.2. The second-order valence-electron chi connectivity index (χ2n) is 5.89. The van der Waals surface area contributed by atoms with E-state index in [0.29, 0.717) is 6.42 Å². The molecule has 26 heavy (non-hydrogen) atoms. The molecule has 0 radical (unpaired) electrons. The number of hydrogen-bond donors (Lipinski definition) is 3. The van der Waals surface area contributed by atoms with Gasteiger partial charge in [-0.2, -0.15) is 0 Å². The first kappa shape index (κ1) is 21.0. The van der Waals surface area contributed by atoms with Crippen LogP contribution in [0.3, 0.4) is 0 Å². The quantitative estimate of drug-likeness (QED) is 0.507. The van der Waals surface area contributed by atoms with Gasteiger partial charge in [0.05, 0.1) is 12.7 Å². The van der Waals surface area contributed by atoms with Crippen molar-refractivity contribution < 1.29 is 33.1 Å². The number of rotatable bonds is 8. The second kappa shape index (κ2) is 8.57. The van der Waals surface area contributed by atoms with E-state index in [0.717, 1.165) is 10.6 Å². The minimum atomic E-state index is -4.71. The third-order valence-electron chi connectivity index (χ3n) is 4.05. The first-order valence-corrected chi connectivity index (χ1v) is 9.54. The average molecular weight is 394 g/mol. The molecule has 2 rings (SSSR count). The van der Waals surface area contributed by atoms with Crippen LogP contribution in [-0.4, -0.2) is 57.5 Å².